The number of unbranched alkanes of at least 4 members (excludes halogenated alkanes) is 3. The number of hydrogen-bond acceptors (Lipinski definition) is 6. The zero-order chi connectivity index (χ0) is 30.1. The molecular formula is C32H40ClN3O6. The third kappa shape index (κ3) is 5.27. The van der Waals surface area contributed by atoms with Gasteiger partial charge in [0.15, 0.2) is 0 Å². The first-order valence-corrected chi connectivity index (χ1v) is 15.2. The van der Waals surface area contributed by atoms with Crippen molar-refractivity contribution in [1.29, 1.82) is 0 Å². The summed E-state index contributed by atoms with van der Waals surface area (Å²) >= 11 is 6.37. The molecule has 3 amide bonds. The lowest BCUT2D eigenvalue weighted by Crippen LogP contribution is -2.54. The zero-order valence-electron chi connectivity index (χ0n) is 24.4. The van der Waals surface area contributed by atoms with Crippen LogP contribution < -0.4 is 15.4 Å². The van der Waals surface area contributed by atoms with Crippen LogP contribution in [0.3, 0.4) is 0 Å². The van der Waals surface area contributed by atoms with Gasteiger partial charge in [0.2, 0.25) is 17.7 Å². The molecule has 3 unspecified atom stereocenters. The highest BCUT2D eigenvalue weighted by Gasteiger charge is 2.79. The molecule has 9 nitrogen and oxygen atoms in total. The maximum absolute atomic E-state index is 14.3. The van der Waals surface area contributed by atoms with Gasteiger partial charge in [0.05, 0.1) is 34.8 Å². The number of likely N-dealkylation sites (tertiary alicyclic amines) is 1. The Morgan fingerprint density at radius 1 is 1.07 bits per heavy atom. The van der Waals surface area contributed by atoms with Crippen LogP contribution in [0, 0.1) is 17.8 Å². The average molecular weight is 598 g/mol. The number of aliphatic hydroxyl groups is 1. The van der Waals surface area contributed by atoms with E-state index in [1.54, 1.807) is 53.4 Å². The highest BCUT2D eigenvalue weighted by atomic mass is 35.5. The summed E-state index contributed by atoms with van der Waals surface area (Å²) < 4.78 is 12.3. The third-order valence-corrected chi connectivity index (χ3v) is 9.55. The minimum atomic E-state index is -1.15. The van der Waals surface area contributed by atoms with E-state index in [9.17, 15) is 14.4 Å². The molecule has 3 saturated heterocycles. The second kappa shape index (κ2) is 12.2. The Morgan fingerprint density at radius 2 is 1.79 bits per heavy atom. The second-order valence-electron chi connectivity index (χ2n) is 11.8. The Balaban J connectivity index is 1.46. The molecule has 0 aliphatic carbocycles. The van der Waals surface area contributed by atoms with E-state index in [4.69, 9.17) is 26.2 Å². The Labute approximate surface area is 251 Å². The lowest BCUT2D eigenvalue weighted by atomic mass is 9.62. The number of nitrogens with zero attached hydrogens (tertiary/aromatic N) is 1. The fourth-order valence-electron chi connectivity index (χ4n) is 7.21. The molecule has 1 spiro atoms. The van der Waals surface area contributed by atoms with Crippen molar-refractivity contribution in [3.8, 4) is 5.75 Å². The molecule has 3 heterocycles. The SMILES string of the molecule is CCOc1ccc(NC(=O)[C@H]2[C@H]3C(=O)N(CCCCCCO)C(C(=O)Nc4ccccc4Cl)C34CC(C)[C@]2(C)O4)cc1. The summed E-state index contributed by atoms with van der Waals surface area (Å²) in [5.74, 6) is -1.87. The summed E-state index contributed by atoms with van der Waals surface area (Å²) in [5.41, 5.74) is -1.03. The fraction of sp³-hybridized carbons (Fsp3) is 0.531. The van der Waals surface area contributed by atoms with Gasteiger partial charge in [-0.1, -0.05) is 43.5 Å². The van der Waals surface area contributed by atoms with Gasteiger partial charge in [0.25, 0.3) is 0 Å². The third-order valence-electron chi connectivity index (χ3n) is 9.22. The molecule has 6 atom stereocenters. The first-order valence-electron chi connectivity index (χ1n) is 14.9. The molecule has 0 radical (unpaired) electrons. The van der Waals surface area contributed by atoms with Gasteiger partial charge in [-0.05, 0) is 75.4 Å². The average Bonchev–Trinajstić information content (AvgIpc) is 3.47. The number of fused-ring (bicyclic) bond motifs is 1. The second-order valence-corrected chi connectivity index (χ2v) is 12.2. The van der Waals surface area contributed by atoms with Crippen molar-refractivity contribution in [2.45, 2.75) is 70.1 Å². The van der Waals surface area contributed by atoms with Gasteiger partial charge >= 0.3 is 0 Å². The summed E-state index contributed by atoms with van der Waals surface area (Å²) in [7, 11) is 0. The van der Waals surface area contributed by atoms with Crippen molar-refractivity contribution < 1.29 is 29.0 Å². The van der Waals surface area contributed by atoms with Crippen molar-refractivity contribution in [3.05, 3.63) is 53.6 Å². The van der Waals surface area contributed by atoms with Crippen LogP contribution in [0.5, 0.6) is 5.75 Å². The highest BCUT2D eigenvalue weighted by molar-refractivity contribution is 6.33. The summed E-state index contributed by atoms with van der Waals surface area (Å²) in [6, 6.07) is 13.2. The van der Waals surface area contributed by atoms with Crippen LogP contribution in [-0.4, -0.2) is 64.7 Å². The predicted octanol–water partition coefficient (Wildman–Crippen LogP) is 4.88. The van der Waals surface area contributed by atoms with Crippen LogP contribution in [0.1, 0.15) is 52.9 Å². The first kappa shape index (κ1) is 30.3. The van der Waals surface area contributed by atoms with E-state index in [0.717, 1.165) is 12.8 Å². The number of amides is 3. The zero-order valence-corrected chi connectivity index (χ0v) is 25.2. The van der Waals surface area contributed by atoms with Crippen molar-refractivity contribution in [2.24, 2.45) is 17.8 Å². The van der Waals surface area contributed by atoms with Gasteiger partial charge in [-0.3, -0.25) is 14.4 Å². The Kier molecular flexibility index (Phi) is 8.83. The van der Waals surface area contributed by atoms with Crippen molar-refractivity contribution in [3.63, 3.8) is 0 Å². The Hall–Kier alpha value is -3.14. The Morgan fingerprint density at radius 3 is 2.48 bits per heavy atom. The lowest BCUT2D eigenvalue weighted by molar-refractivity contribution is -0.144. The highest BCUT2D eigenvalue weighted by Crippen LogP contribution is 2.65. The molecule has 2 bridgehead atoms. The van der Waals surface area contributed by atoms with Gasteiger partial charge < -0.3 is 30.1 Å². The van der Waals surface area contributed by atoms with Gasteiger partial charge in [0, 0.05) is 18.8 Å². The van der Waals surface area contributed by atoms with E-state index in [1.165, 1.54) is 0 Å². The van der Waals surface area contributed by atoms with E-state index in [2.05, 4.69) is 10.6 Å². The number of para-hydroxylation sites is 1. The molecule has 5 rings (SSSR count). The minimum absolute atomic E-state index is 0.0715. The smallest absolute Gasteiger partial charge is 0.250 e. The molecule has 2 aromatic carbocycles. The van der Waals surface area contributed by atoms with Crippen LogP contribution in [0.4, 0.5) is 11.4 Å². The quantitative estimate of drug-likeness (QED) is 0.300. The number of rotatable bonds is 12. The molecule has 3 aliphatic heterocycles. The van der Waals surface area contributed by atoms with E-state index < -0.39 is 29.1 Å². The van der Waals surface area contributed by atoms with E-state index in [0.29, 0.717) is 54.6 Å². The van der Waals surface area contributed by atoms with Crippen molar-refractivity contribution in [2.75, 3.05) is 30.4 Å². The maximum atomic E-state index is 14.3. The van der Waals surface area contributed by atoms with Crippen LogP contribution in [0.2, 0.25) is 5.02 Å². The fourth-order valence-corrected chi connectivity index (χ4v) is 7.39. The molecule has 0 aromatic heterocycles. The largest absolute Gasteiger partial charge is 0.494 e. The van der Waals surface area contributed by atoms with E-state index in [-0.39, 0.29) is 30.2 Å². The predicted molar refractivity (Wildman–Crippen MR) is 160 cm³/mol. The number of nitrogens with one attached hydrogen (secondary N) is 2. The number of hydrogen-bond donors (Lipinski definition) is 3. The standard InChI is InChI=1S/C32H40ClN3O6/c1-4-41-22-15-13-21(14-16-22)34-28(38)25-26-30(40)36(17-9-5-6-10-18-37)27(32(26)19-20(2)31(25,3)42-32)29(39)35-24-12-8-7-11-23(24)33/h7-8,11-16,20,25-27,37H,4-6,9-10,17-19H2,1-3H3,(H,34,38)(H,35,39)/t20?,25-,26+,27?,31+,32?/m1/s1. The van der Waals surface area contributed by atoms with Crippen LogP contribution in [-0.2, 0) is 19.1 Å². The van der Waals surface area contributed by atoms with Gasteiger partial charge in [-0.25, -0.2) is 0 Å². The van der Waals surface area contributed by atoms with Crippen LogP contribution >= 0.6 is 11.6 Å². The van der Waals surface area contributed by atoms with Crippen LogP contribution in [0.15, 0.2) is 48.5 Å². The Bertz CT molecular complexity index is 1320. The number of halogens is 1. The number of benzene rings is 2. The normalized spacial score (nSPS) is 29.5. The molecule has 3 N–H and O–H groups in total. The van der Waals surface area contributed by atoms with Crippen LogP contribution in [0.25, 0.3) is 0 Å². The molecular weight excluding hydrogens is 558 g/mol. The summed E-state index contributed by atoms with van der Waals surface area (Å²) in [6.07, 6.45) is 3.46. The van der Waals surface area contributed by atoms with Crippen molar-refractivity contribution >= 4 is 40.7 Å². The van der Waals surface area contributed by atoms with E-state index in [1.807, 2.05) is 20.8 Å². The van der Waals surface area contributed by atoms with Crippen molar-refractivity contribution in [1.82, 2.24) is 4.90 Å². The molecule has 0 saturated carbocycles. The number of aliphatic hydroxyl groups excluding tert-OH is 1. The molecule has 226 valence electrons. The van der Waals surface area contributed by atoms with Gasteiger partial charge in [-0.2, -0.15) is 0 Å². The maximum Gasteiger partial charge on any atom is 0.250 e. The summed E-state index contributed by atoms with van der Waals surface area (Å²) in [6.45, 7) is 6.82. The molecule has 3 fully saturated rings. The number of ether oxygens (including phenoxy) is 2. The minimum Gasteiger partial charge on any atom is -0.494 e. The molecule has 2 aromatic rings. The molecule has 42 heavy (non-hydrogen) atoms. The van der Waals surface area contributed by atoms with Gasteiger partial charge in [0.1, 0.15) is 17.4 Å². The summed E-state index contributed by atoms with van der Waals surface area (Å²) in [4.78, 5) is 43.9. The molecule has 3 aliphatic rings. The van der Waals surface area contributed by atoms with Gasteiger partial charge in [-0.15, -0.1) is 0 Å². The number of anilines is 2. The lowest BCUT2D eigenvalue weighted by Gasteiger charge is -2.36. The topological polar surface area (TPSA) is 117 Å². The first-order chi connectivity index (χ1) is 20.2. The molecule has 10 heteroatoms. The number of carbonyl (C=O) groups excluding carboxylic acids is 3. The monoisotopic (exact) mass is 597 g/mol. The van der Waals surface area contributed by atoms with E-state index >= 15 is 0 Å². The number of carbonyl (C=O) groups is 3. The summed E-state index contributed by atoms with van der Waals surface area (Å²) in [5, 5.41) is 15.5.